The Hall–Kier alpha value is -3.07. The van der Waals surface area contributed by atoms with Gasteiger partial charge in [-0.1, -0.05) is 12.8 Å². The molecule has 30 heavy (non-hydrogen) atoms. The number of carboxylic acids is 1. The molecular weight excluding hydrogens is 408 g/mol. The zero-order valence-electron chi connectivity index (χ0n) is 16.5. The second kappa shape index (κ2) is 9.17. The largest absolute Gasteiger partial charge is 0.497 e. The smallest absolute Gasteiger partial charge is 0.307 e. The Morgan fingerprint density at radius 2 is 1.50 bits per heavy atom. The Labute approximate surface area is 175 Å². The van der Waals surface area contributed by atoms with E-state index in [2.05, 4.69) is 10.0 Å². The van der Waals surface area contributed by atoms with Gasteiger partial charge in [-0.2, -0.15) is 0 Å². The van der Waals surface area contributed by atoms with Crippen molar-refractivity contribution in [2.75, 3.05) is 17.1 Å². The lowest BCUT2D eigenvalue weighted by Crippen LogP contribution is -2.36. The van der Waals surface area contributed by atoms with Crippen molar-refractivity contribution in [3.8, 4) is 5.75 Å². The van der Waals surface area contributed by atoms with Gasteiger partial charge in [-0.25, -0.2) is 8.42 Å². The minimum absolute atomic E-state index is 0.0393. The van der Waals surface area contributed by atoms with Gasteiger partial charge in [-0.05, 0) is 61.4 Å². The van der Waals surface area contributed by atoms with Gasteiger partial charge in [0.2, 0.25) is 5.91 Å². The van der Waals surface area contributed by atoms with Crippen LogP contribution in [0.4, 0.5) is 11.4 Å². The third-order valence-corrected chi connectivity index (χ3v) is 6.59. The van der Waals surface area contributed by atoms with Gasteiger partial charge in [0, 0.05) is 11.4 Å². The van der Waals surface area contributed by atoms with Gasteiger partial charge in [-0.3, -0.25) is 14.3 Å². The summed E-state index contributed by atoms with van der Waals surface area (Å²) in [5.74, 6) is -1.97. The van der Waals surface area contributed by atoms with Crippen molar-refractivity contribution in [2.45, 2.75) is 30.6 Å². The molecule has 2 aromatic carbocycles. The Balaban J connectivity index is 1.67. The van der Waals surface area contributed by atoms with Crippen LogP contribution in [-0.4, -0.2) is 32.5 Å². The quantitative estimate of drug-likeness (QED) is 0.617. The molecule has 0 spiro atoms. The average Bonchev–Trinajstić information content (AvgIpc) is 2.74. The van der Waals surface area contributed by atoms with Crippen molar-refractivity contribution in [2.24, 2.45) is 11.8 Å². The molecule has 0 saturated heterocycles. The van der Waals surface area contributed by atoms with Gasteiger partial charge in [0.15, 0.2) is 0 Å². The van der Waals surface area contributed by atoms with Gasteiger partial charge in [0.1, 0.15) is 5.75 Å². The molecule has 1 aliphatic rings. The number of carbonyl (C=O) groups is 2. The number of nitrogens with one attached hydrogen (secondary N) is 2. The molecule has 3 rings (SSSR count). The lowest BCUT2D eigenvalue weighted by atomic mass is 9.78. The second-order valence-corrected chi connectivity index (χ2v) is 8.87. The molecule has 0 bridgehead atoms. The summed E-state index contributed by atoms with van der Waals surface area (Å²) in [5.41, 5.74) is 0.809. The first-order valence-electron chi connectivity index (χ1n) is 9.61. The molecule has 1 fully saturated rings. The van der Waals surface area contributed by atoms with Crippen molar-refractivity contribution >= 4 is 33.3 Å². The van der Waals surface area contributed by atoms with Crippen LogP contribution in [0.2, 0.25) is 0 Å². The zero-order chi connectivity index (χ0) is 21.7. The average molecular weight is 432 g/mol. The van der Waals surface area contributed by atoms with E-state index < -0.39 is 27.8 Å². The van der Waals surface area contributed by atoms with Gasteiger partial charge in [-0.15, -0.1) is 0 Å². The zero-order valence-corrected chi connectivity index (χ0v) is 17.3. The highest BCUT2D eigenvalue weighted by Gasteiger charge is 2.35. The van der Waals surface area contributed by atoms with E-state index in [4.69, 9.17) is 4.74 Å². The molecule has 2 atom stereocenters. The number of ether oxygens (including phenoxy) is 1. The molecule has 1 saturated carbocycles. The van der Waals surface area contributed by atoms with E-state index in [0.717, 1.165) is 12.8 Å². The first-order valence-corrected chi connectivity index (χ1v) is 11.1. The van der Waals surface area contributed by atoms with E-state index in [1.807, 2.05) is 0 Å². The lowest BCUT2D eigenvalue weighted by Gasteiger charge is -2.27. The van der Waals surface area contributed by atoms with E-state index >= 15 is 0 Å². The highest BCUT2D eigenvalue weighted by atomic mass is 32.2. The summed E-state index contributed by atoms with van der Waals surface area (Å²) in [6.45, 7) is 0. The molecule has 9 heteroatoms. The summed E-state index contributed by atoms with van der Waals surface area (Å²) < 4.78 is 32.6. The van der Waals surface area contributed by atoms with Crippen LogP contribution in [0.25, 0.3) is 0 Å². The van der Waals surface area contributed by atoms with Crippen LogP contribution in [-0.2, 0) is 19.6 Å². The number of benzene rings is 2. The Morgan fingerprint density at radius 1 is 0.933 bits per heavy atom. The third kappa shape index (κ3) is 5.10. The van der Waals surface area contributed by atoms with E-state index in [1.54, 1.807) is 24.3 Å². The van der Waals surface area contributed by atoms with Crippen LogP contribution < -0.4 is 14.8 Å². The van der Waals surface area contributed by atoms with Gasteiger partial charge < -0.3 is 15.2 Å². The number of methoxy groups -OCH3 is 1. The van der Waals surface area contributed by atoms with Crippen molar-refractivity contribution in [1.82, 2.24) is 0 Å². The topological polar surface area (TPSA) is 122 Å². The van der Waals surface area contributed by atoms with Gasteiger partial charge in [0.25, 0.3) is 10.0 Å². The monoisotopic (exact) mass is 432 g/mol. The fourth-order valence-electron chi connectivity index (χ4n) is 3.57. The van der Waals surface area contributed by atoms with Crippen LogP contribution in [0.15, 0.2) is 53.4 Å². The molecule has 3 N–H and O–H groups in total. The van der Waals surface area contributed by atoms with E-state index in [0.29, 0.717) is 30.0 Å². The van der Waals surface area contributed by atoms with Crippen LogP contribution in [0.3, 0.4) is 0 Å². The summed E-state index contributed by atoms with van der Waals surface area (Å²) in [6, 6.07) is 12.2. The minimum atomic E-state index is -3.80. The molecule has 8 nitrogen and oxygen atoms in total. The number of hydrogen-bond donors (Lipinski definition) is 3. The Bertz CT molecular complexity index is 1000. The third-order valence-electron chi connectivity index (χ3n) is 5.19. The first-order chi connectivity index (χ1) is 14.3. The second-order valence-electron chi connectivity index (χ2n) is 7.18. The van der Waals surface area contributed by atoms with Crippen molar-refractivity contribution in [3.05, 3.63) is 48.5 Å². The highest BCUT2D eigenvalue weighted by Crippen LogP contribution is 2.31. The van der Waals surface area contributed by atoms with E-state index in [-0.39, 0.29) is 10.8 Å². The normalized spacial score (nSPS) is 19.0. The van der Waals surface area contributed by atoms with E-state index in [9.17, 15) is 23.1 Å². The van der Waals surface area contributed by atoms with Crippen LogP contribution in [0.5, 0.6) is 5.75 Å². The van der Waals surface area contributed by atoms with Crippen LogP contribution >= 0.6 is 0 Å². The summed E-state index contributed by atoms with van der Waals surface area (Å²) >= 11 is 0. The summed E-state index contributed by atoms with van der Waals surface area (Å²) in [5, 5.41) is 12.0. The molecule has 0 aliphatic heterocycles. The molecule has 0 unspecified atom stereocenters. The Kier molecular flexibility index (Phi) is 6.61. The maximum absolute atomic E-state index is 12.6. The van der Waals surface area contributed by atoms with Crippen LogP contribution in [0, 0.1) is 11.8 Å². The fraction of sp³-hybridized carbons (Fsp3) is 0.333. The predicted octanol–water partition coefficient (Wildman–Crippen LogP) is 3.33. The maximum Gasteiger partial charge on any atom is 0.307 e. The lowest BCUT2D eigenvalue weighted by molar-refractivity contribution is -0.147. The van der Waals surface area contributed by atoms with Gasteiger partial charge in [0.05, 0.1) is 23.8 Å². The number of aliphatic carboxylic acids is 1. The number of rotatable bonds is 7. The molecule has 160 valence electrons. The minimum Gasteiger partial charge on any atom is -0.497 e. The van der Waals surface area contributed by atoms with Crippen LogP contribution in [0.1, 0.15) is 25.7 Å². The highest BCUT2D eigenvalue weighted by molar-refractivity contribution is 7.92. The standard InChI is InChI=1S/C21H24N2O6S/c1-29-16-10-6-15(7-11-16)23-30(27,28)17-12-8-14(9-13-17)22-20(24)18-4-2-3-5-19(18)21(25)26/h6-13,18-19,23H,2-5H2,1H3,(H,22,24)(H,25,26)/t18-,19-/m0/s1. The van der Waals surface area contributed by atoms with Crippen molar-refractivity contribution in [3.63, 3.8) is 0 Å². The molecule has 0 aromatic heterocycles. The number of carboxylic acid groups (broad SMARTS) is 1. The van der Waals surface area contributed by atoms with Gasteiger partial charge >= 0.3 is 5.97 Å². The maximum atomic E-state index is 12.6. The Morgan fingerprint density at radius 3 is 2.07 bits per heavy atom. The molecule has 2 aromatic rings. The van der Waals surface area contributed by atoms with Crippen molar-refractivity contribution < 1.29 is 27.9 Å². The number of hydrogen-bond acceptors (Lipinski definition) is 5. The number of anilines is 2. The van der Waals surface area contributed by atoms with E-state index in [1.165, 1.54) is 31.4 Å². The SMILES string of the molecule is COc1ccc(NS(=O)(=O)c2ccc(NC(=O)[C@H]3CCCC[C@@H]3C(=O)O)cc2)cc1. The molecule has 0 radical (unpaired) electrons. The fourth-order valence-corrected chi connectivity index (χ4v) is 4.62. The molecule has 1 aliphatic carbocycles. The summed E-state index contributed by atoms with van der Waals surface area (Å²) in [7, 11) is -2.28. The number of sulfonamides is 1. The molecule has 0 heterocycles. The number of carbonyl (C=O) groups excluding carboxylic acids is 1. The van der Waals surface area contributed by atoms with Crippen molar-refractivity contribution in [1.29, 1.82) is 0 Å². The first kappa shape index (κ1) is 21.6. The summed E-state index contributed by atoms with van der Waals surface area (Å²) in [6.07, 6.45) is 2.63. The molecule has 1 amide bonds. The molecular formula is C21H24N2O6S. The predicted molar refractivity (Wildman–Crippen MR) is 112 cm³/mol. The summed E-state index contributed by atoms with van der Waals surface area (Å²) in [4.78, 5) is 24.0. The number of amides is 1.